The highest BCUT2D eigenvalue weighted by Gasteiger charge is 1.91. The molecule has 0 radical (unpaired) electrons. The van der Waals surface area contributed by atoms with E-state index in [1.165, 1.54) is 0 Å². The third-order valence-electron chi connectivity index (χ3n) is 1.37. The summed E-state index contributed by atoms with van der Waals surface area (Å²) in [7, 11) is 0. The van der Waals surface area contributed by atoms with Gasteiger partial charge in [-0.3, -0.25) is 0 Å². The van der Waals surface area contributed by atoms with E-state index in [9.17, 15) is 0 Å². The van der Waals surface area contributed by atoms with E-state index in [0.717, 1.165) is 17.1 Å². The van der Waals surface area contributed by atoms with E-state index in [4.69, 9.17) is 5.73 Å². The summed E-state index contributed by atoms with van der Waals surface area (Å²) in [6.45, 7) is 5.26. The summed E-state index contributed by atoms with van der Waals surface area (Å²) in [6.07, 6.45) is 1.97. The Morgan fingerprint density at radius 1 is 1.62 bits per heavy atom. The van der Waals surface area contributed by atoms with Gasteiger partial charge in [-0.2, -0.15) is 5.10 Å². The summed E-state index contributed by atoms with van der Waals surface area (Å²) in [5, 5.41) is 10.1. The minimum Gasteiger partial charge on any atom is -0.329 e. The normalized spacial score (nSPS) is 11.8. The lowest BCUT2D eigenvalue weighted by Gasteiger charge is -1.96. The Morgan fingerprint density at radius 3 is 3.00 bits per heavy atom. The lowest BCUT2D eigenvalue weighted by Crippen LogP contribution is -2.19. The largest absolute Gasteiger partial charge is 0.329 e. The van der Waals surface area contributed by atoms with Crippen molar-refractivity contribution in [1.29, 1.82) is 0 Å². The van der Waals surface area contributed by atoms with Crippen molar-refractivity contribution < 1.29 is 0 Å². The van der Waals surface area contributed by atoms with Crippen molar-refractivity contribution in [2.45, 2.75) is 20.4 Å². The van der Waals surface area contributed by atoms with Crippen LogP contribution in [0.15, 0.2) is 21.8 Å². The number of hydrogen-bond acceptors (Lipinski definition) is 4. The van der Waals surface area contributed by atoms with Gasteiger partial charge in [0.05, 0.1) is 0 Å². The maximum atomic E-state index is 5.45. The monoisotopic (exact) mass is 198 g/mol. The van der Waals surface area contributed by atoms with Crippen molar-refractivity contribution in [3.8, 4) is 0 Å². The molecule has 1 heterocycles. The van der Waals surface area contributed by atoms with E-state index in [2.05, 4.69) is 10.2 Å². The SMILES string of the molecule is CC(C)=NN=c1sccn1CCN. The third-order valence-corrected chi connectivity index (χ3v) is 2.15. The molecular weight excluding hydrogens is 184 g/mol. The predicted molar refractivity (Wildman–Crippen MR) is 55.7 cm³/mol. The topological polar surface area (TPSA) is 55.7 Å². The van der Waals surface area contributed by atoms with Crippen LogP contribution >= 0.6 is 11.3 Å². The lowest BCUT2D eigenvalue weighted by atomic mass is 10.5. The minimum atomic E-state index is 0.624. The van der Waals surface area contributed by atoms with Gasteiger partial charge in [0.1, 0.15) is 0 Å². The molecule has 0 aliphatic heterocycles. The Labute approximate surface area is 81.4 Å². The highest BCUT2D eigenvalue weighted by Crippen LogP contribution is 1.89. The predicted octanol–water partition coefficient (Wildman–Crippen LogP) is 0.805. The van der Waals surface area contributed by atoms with Gasteiger partial charge in [0.2, 0.25) is 4.80 Å². The van der Waals surface area contributed by atoms with E-state index >= 15 is 0 Å². The van der Waals surface area contributed by atoms with Gasteiger partial charge < -0.3 is 10.3 Å². The standard InChI is InChI=1S/C8H14N4S/c1-7(2)10-11-8-12(4-3-9)5-6-13-8/h5-6H,3-4,9H2,1-2H3. The summed E-state index contributed by atoms with van der Waals surface area (Å²) in [6, 6.07) is 0. The fourth-order valence-electron chi connectivity index (χ4n) is 0.829. The molecule has 0 spiro atoms. The van der Waals surface area contributed by atoms with Crippen LogP contribution in [-0.4, -0.2) is 16.8 Å². The summed E-state index contributed by atoms with van der Waals surface area (Å²) in [4.78, 5) is 0.895. The summed E-state index contributed by atoms with van der Waals surface area (Å²) in [5.74, 6) is 0. The molecule has 0 fully saturated rings. The third kappa shape index (κ3) is 3.12. The molecule has 0 aliphatic carbocycles. The van der Waals surface area contributed by atoms with Gasteiger partial charge in [-0.1, -0.05) is 0 Å². The van der Waals surface area contributed by atoms with E-state index < -0.39 is 0 Å². The number of hydrogen-bond donors (Lipinski definition) is 1. The summed E-state index contributed by atoms with van der Waals surface area (Å²) < 4.78 is 2.00. The molecule has 0 aromatic carbocycles. The second-order valence-corrected chi connectivity index (χ2v) is 3.69. The van der Waals surface area contributed by atoms with Gasteiger partial charge in [-0.25, -0.2) is 0 Å². The van der Waals surface area contributed by atoms with Crippen LogP contribution in [0.25, 0.3) is 0 Å². The Bertz CT molecular complexity index is 343. The molecule has 1 rings (SSSR count). The first kappa shape index (κ1) is 10.1. The van der Waals surface area contributed by atoms with Gasteiger partial charge in [-0.15, -0.1) is 16.4 Å². The van der Waals surface area contributed by atoms with Crippen molar-refractivity contribution in [2.75, 3.05) is 6.54 Å². The highest BCUT2D eigenvalue weighted by molar-refractivity contribution is 7.07. The summed E-state index contributed by atoms with van der Waals surface area (Å²) >= 11 is 1.57. The molecule has 1 aromatic heterocycles. The minimum absolute atomic E-state index is 0.624. The van der Waals surface area contributed by atoms with Crippen LogP contribution in [0.5, 0.6) is 0 Å². The average molecular weight is 198 g/mol. The number of rotatable bonds is 3. The van der Waals surface area contributed by atoms with E-state index in [1.54, 1.807) is 11.3 Å². The molecule has 4 nitrogen and oxygen atoms in total. The second kappa shape index (κ2) is 4.94. The van der Waals surface area contributed by atoms with Crippen LogP contribution in [0, 0.1) is 0 Å². The lowest BCUT2D eigenvalue weighted by molar-refractivity contribution is 0.683. The number of nitrogens with zero attached hydrogens (tertiary/aromatic N) is 3. The van der Waals surface area contributed by atoms with Crippen molar-refractivity contribution in [2.24, 2.45) is 15.9 Å². The highest BCUT2D eigenvalue weighted by atomic mass is 32.1. The molecule has 1 aromatic rings. The van der Waals surface area contributed by atoms with Crippen molar-refractivity contribution in [3.05, 3.63) is 16.4 Å². The van der Waals surface area contributed by atoms with Crippen LogP contribution in [0.4, 0.5) is 0 Å². The zero-order chi connectivity index (χ0) is 9.68. The molecular formula is C8H14N4S. The zero-order valence-electron chi connectivity index (χ0n) is 7.90. The Kier molecular flexibility index (Phi) is 3.85. The Balaban J connectivity index is 2.93. The molecule has 0 amide bonds. The van der Waals surface area contributed by atoms with Crippen LogP contribution < -0.4 is 10.5 Å². The van der Waals surface area contributed by atoms with Crippen molar-refractivity contribution >= 4 is 17.0 Å². The molecule has 0 atom stereocenters. The summed E-state index contributed by atoms with van der Waals surface area (Å²) in [5.41, 5.74) is 6.40. The smallest absolute Gasteiger partial charge is 0.210 e. The number of nitrogens with two attached hydrogens (primary N) is 1. The maximum Gasteiger partial charge on any atom is 0.210 e. The molecule has 0 unspecified atom stereocenters. The second-order valence-electron chi connectivity index (χ2n) is 2.81. The Morgan fingerprint density at radius 2 is 2.38 bits per heavy atom. The van der Waals surface area contributed by atoms with E-state index in [1.807, 2.05) is 30.0 Å². The van der Waals surface area contributed by atoms with Crippen LogP contribution in [-0.2, 0) is 6.54 Å². The number of thiazole rings is 1. The van der Waals surface area contributed by atoms with E-state index in [0.29, 0.717) is 6.54 Å². The van der Waals surface area contributed by atoms with Crippen LogP contribution in [0.1, 0.15) is 13.8 Å². The maximum absolute atomic E-state index is 5.45. The van der Waals surface area contributed by atoms with Crippen molar-refractivity contribution in [1.82, 2.24) is 4.57 Å². The quantitative estimate of drug-likeness (QED) is 0.567. The zero-order valence-corrected chi connectivity index (χ0v) is 8.71. The van der Waals surface area contributed by atoms with Gasteiger partial charge >= 0.3 is 0 Å². The molecule has 0 saturated carbocycles. The first-order valence-corrected chi connectivity index (χ1v) is 5.01. The number of aromatic nitrogens is 1. The van der Waals surface area contributed by atoms with Gasteiger partial charge in [0.15, 0.2) is 0 Å². The molecule has 0 bridgehead atoms. The molecule has 2 N–H and O–H groups in total. The van der Waals surface area contributed by atoms with Gasteiger partial charge in [-0.05, 0) is 13.8 Å². The molecule has 0 aliphatic rings. The molecule has 0 saturated heterocycles. The molecule has 13 heavy (non-hydrogen) atoms. The van der Waals surface area contributed by atoms with Gasteiger partial charge in [0, 0.05) is 30.4 Å². The molecule has 5 heteroatoms. The molecule has 72 valence electrons. The fourth-order valence-corrected chi connectivity index (χ4v) is 1.53. The van der Waals surface area contributed by atoms with Crippen molar-refractivity contribution in [3.63, 3.8) is 0 Å². The average Bonchev–Trinajstić information content (AvgIpc) is 2.49. The van der Waals surface area contributed by atoms with Crippen LogP contribution in [0.3, 0.4) is 0 Å². The first-order valence-electron chi connectivity index (χ1n) is 4.13. The van der Waals surface area contributed by atoms with E-state index in [-0.39, 0.29) is 0 Å². The fraction of sp³-hybridized carbons (Fsp3) is 0.500. The Hall–Kier alpha value is -0.940. The van der Waals surface area contributed by atoms with Gasteiger partial charge in [0.25, 0.3) is 0 Å². The van der Waals surface area contributed by atoms with Crippen LogP contribution in [0.2, 0.25) is 0 Å². The first-order chi connectivity index (χ1) is 6.24.